The third-order valence-electron chi connectivity index (χ3n) is 3.17. The predicted molar refractivity (Wildman–Crippen MR) is 65.6 cm³/mol. The van der Waals surface area contributed by atoms with Gasteiger partial charge in [0.1, 0.15) is 6.04 Å². The summed E-state index contributed by atoms with van der Waals surface area (Å²) in [6.45, 7) is 2.16. The Bertz CT molecular complexity index is 401. The van der Waals surface area contributed by atoms with Crippen LogP contribution in [0.2, 0.25) is 0 Å². The van der Waals surface area contributed by atoms with Gasteiger partial charge in [-0.05, 0) is 36.5 Å². The van der Waals surface area contributed by atoms with Crippen molar-refractivity contribution in [3.63, 3.8) is 0 Å². The van der Waals surface area contributed by atoms with Crippen molar-refractivity contribution in [1.82, 2.24) is 5.32 Å². The molecule has 16 heavy (non-hydrogen) atoms. The second kappa shape index (κ2) is 4.56. The number of rotatable bonds is 2. The maximum absolute atomic E-state index is 11.5. The molecule has 3 nitrogen and oxygen atoms in total. The van der Waals surface area contributed by atoms with Crippen molar-refractivity contribution in [2.75, 3.05) is 12.4 Å². The number of anilines is 1. The highest BCUT2D eigenvalue weighted by Gasteiger charge is 2.22. The Morgan fingerprint density at radius 1 is 1.56 bits per heavy atom. The molecule has 1 amide bonds. The number of carbonyl (C=O) groups is 1. The van der Waals surface area contributed by atoms with Gasteiger partial charge >= 0.3 is 0 Å². The molecule has 1 aliphatic rings. The van der Waals surface area contributed by atoms with E-state index in [0.717, 1.165) is 24.9 Å². The molecule has 1 unspecified atom stereocenters. The lowest BCUT2D eigenvalue weighted by molar-refractivity contribution is -0.121. The largest absolute Gasteiger partial charge is 0.373 e. The van der Waals surface area contributed by atoms with Gasteiger partial charge < -0.3 is 10.6 Å². The first-order valence-electron chi connectivity index (χ1n) is 5.84. The number of fused-ring (bicyclic) bond motifs is 1. The molecule has 86 valence electrons. The highest BCUT2D eigenvalue weighted by atomic mass is 16.2. The van der Waals surface area contributed by atoms with Gasteiger partial charge in [-0.25, -0.2) is 0 Å². The molecule has 0 fully saturated rings. The monoisotopic (exact) mass is 218 g/mol. The number of benzene rings is 1. The summed E-state index contributed by atoms with van der Waals surface area (Å²) in [4.78, 5) is 11.5. The minimum atomic E-state index is -0.0787. The zero-order valence-electron chi connectivity index (χ0n) is 9.84. The standard InChI is InChI=1S/C13H18N2O/c1-3-9-4-6-11-10(8-9)5-7-12(15-11)13(16)14-2/h4,6,8,12,15H,3,5,7H2,1-2H3,(H,14,16). The Labute approximate surface area is 96.2 Å². The van der Waals surface area contributed by atoms with E-state index in [4.69, 9.17) is 0 Å². The number of nitrogens with one attached hydrogen (secondary N) is 2. The molecule has 1 aliphatic heterocycles. The lowest BCUT2D eigenvalue weighted by atomic mass is 9.95. The Hall–Kier alpha value is -1.51. The van der Waals surface area contributed by atoms with E-state index in [-0.39, 0.29) is 11.9 Å². The molecule has 1 aromatic carbocycles. The van der Waals surface area contributed by atoms with Gasteiger partial charge in [0.15, 0.2) is 0 Å². The van der Waals surface area contributed by atoms with E-state index in [1.54, 1.807) is 7.05 Å². The van der Waals surface area contributed by atoms with Crippen LogP contribution >= 0.6 is 0 Å². The van der Waals surface area contributed by atoms with E-state index in [0.29, 0.717) is 0 Å². The van der Waals surface area contributed by atoms with Gasteiger partial charge in [0.25, 0.3) is 0 Å². The first kappa shape index (κ1) is 11.0. The fourth-order valence-electron chi connectivity index (χ4n) is 2.15. The van der Waals surface area contributed by atoms with E-state index in [1.807, 2.05) is 0 Å². The van der Waals surface area contributed by atoms with Crippen LogP contribution in [-0.2, 0) is 17.6 Å². The van der Waals surface area contributed by atoms with E-state index < -0.39 is 0 Å². The fraction of sp³-hybridized carbons (Fsp3) is 0.462. The van der Waals surface area contributed by atoms with Gasteiger partial charge in [0.05, 0.1) is 0 Å². The third-order valence-corrected chi connectivity index (χ3v) is 3.17. The molecule has 2 rings (SSSR count). The summed E-state index contributed by atoms with van der Waals surface area (Å²) >= 11 is 0. The Morgan fingerprint density at radius 3 is 3.06 bits per heavy atom. The summed E-state index contributed by atoms with van der Waals surface area (Å²) in [5.74, 6) is 0.0743. The molecule has 0 spiro atoms. The molecule has 3 heteroatoms. The molecule has 0 radical (unpaired) electrons. The van der Waals surface area contributed by atoms with Crippen LogP contribution in [0.4, 0.5) is 5.69 Å². The van der Waals surface area contributed by atoms with Crippen LogP contribution in [0.1, 0.15) is 24.5 Å². The van der Waals surface area contributed by atoms with Gasteiger partial charge in [-0.15, -0.1) is 0 Å². The predicted octanol–water partition coefficient (Wildman–Crippen LogP) is 1.72. The number of likely N-dealkylation sites (N-methyl/N-ethyl adjacent to an activating group) is 1. The van der Waals surface area contributed by atoms with Crippen molar-refractivity contribution in [3.05, 3.63) is 29.3 Å². The van der Waals surface area contributed by atoms with Crippen LogP contribution < -0.4 is 10.6 Å². The van der Waals surface area contributed by atoms with Crippen molar-refractivity contribution >= 4 is 11.6 Å². The van der Waals surface area contributed by atoms with Crippen LogP contribution in [0.15, 0.2) is 18.2 Å². The number of amides is 1. The van der Waals surface area contributed by atoms with Crippen molar-refractivity contribution in [1.29, 1.82) is 0 Å². The Kier molecular flexibility index (Phi) is 3.13. The summed E-state index contributed by atoms with van der Waals surface area (Å²) in [6.07, 6.45) is 2.92. The number of carbonyl (C=O) groups excluding carboxylic acids is 1. The van der Waals surface area contributed by atoms with Crippen molar-refractivity contribution in [2.24, 2.45) is 0 Å². The normalized spacial score (nSPS) is 18.5. The number of aryl methyl sites for hydroxylation is 2. The van der Waals surface area contributed by atoms with Crippen molar-refractivity contribution < 1.29 is 4.79 Å². The second-order valence-corrected chi connectivity index (χ2v) is 4.19. The minimum Gasteiger partial charge on any atom is -0.373 e. The molecular weight excluding hydrogens is 200 g/mol. The maximum atomic E-state index is 11.5. The van der Waals surface area contributed by atoms with E-state index >= 15 is 0 Å². The maximum Gasteiger partial charge on any atom is 0.242 e. The van der Waals surface area contributed by atoms with Crippen molar-refractivity contribution in [3.8, 4) is 0 Å². The van der Waals surface area contributed by atoms with Crippen LogP contribution in [0.5, 0.6) is 0 Å². The molecule has 2 N–H and O–H groups in total. The van der Waals surface area contributed by atoms with Gasteiger partial charge in [0, 0.05) is 12.7 Å². The first-order chi connectivity index (χ1) is 7.74. The van der Waals surface area contributed by atoms with Crippen molar-refractivity contribution in [2.45, 2.75) is 32.2 Å². The quantitative estimate of drug-likeness (QED) is 0.793. The lowest BCUT2D eigenvalue weighted by Crippen LogP contribution is -2.40. The summed E-state index contributed by atoms with van der Waals surface area (Å²) in [7, 11) is 1.68. The van der Waals surface area contributed by atoms with Gasteiger partial charge in [-0.1, -0.05) is 19.1 Å². The Morgan fingerprint density at radius 2 is 2.38 bits per heavy atom. The van der Waals surface area contributed by atoms with Crippen LogP contribution in [-0.4, -0.2) is 19.0 Å². The van der Waals surface area contributed by atoms with Gasteiger partial charge in [-0.3, -0.25) is 4.79 Å². The van der Waals surface area contributed by atoms with Crippen LogP contribution in [0.25, 0.3) is 0 Å². The molecule has 0 aliphatic carbocycles. The topological polar surface area (TPSA) is 41.1 Å². The summed E-state index contributed by atoms with van der Waals surface area (Å²) in [5, 5.41) is 5.97. The molecule has 1 aromatic rings. The summed E-state index contributed by atoms with van der Waals surface area (Å²) in [5.41, 5.74) is 3.80. The number of hydrogen-bond donors (Lipinski definition) is 2. The molecule has 1 atom stereocenters. The summed E-state index contributed by atoms with van der Waals surface area (Å²) < 4.78 is 0. The first-order valence-corrected chi connectivity index (χ1v) is 5.84. The molecule has 1 heterocycles. The molecule has 0 aromatic heterocycles. The molecule has 0 saturated carbocycles. The molecule has 0 saturated heterocycles. The smallest absolute Gasteiger partial charge is 0.242 e. The van der Waals surface area contributed by atoms with Gasteiger partial charge in [0.2, 0.25) is 5.91 Å². The van der Waals surface area contributed by atoms with Gasteiger partial charge in [-0.2, -0.15) is 0 Å². The van der Waals surface area contributed by atoms with Crippen LogP contribution in [0.3, 0.4) is 0 Å². The molecular formula is C13H18N2O. The van der Waals surface area contributed by atoms with E-state index in [9.17, 15) is 4.79 Å². The minimum absolute atomic E-state index is 0.0743. The van der Waals surface area contributed by atoms with E-state index in [1.165, 1.54) is 11.1 Å². The van der Waals surface area contributed by atoms with Crippen LogP contribution in [0, 0.1) is 0 Å². The average molecular weight is 218 g/mol. The summed E-state index contributed by atoms with van der Waals surface area (Å²) in [6, 6.07) is 6.37. The average Bonchev–Trinajstić information content (AvgIpc) is 2.36. The zero-order chi connectivity index (χ0) is 11.5. The molecule has 0 bridgehead atoms. The SMILES string of the molecule is CCc1ccc2c(c1)CCC(C(=O)NC)N2. The fourth-order valence-corrected chi connectivity index (χ4v) is 2.15. The zero-order valence-corrected chi connectivity index (χ0v) is 9.84. The second-order valence-electron chi connectivity index (χ2n) is 4.19. The number of hydrogen-bond acceptors (Lipinski definition) is 2. The highest BCUT2D eigenvalue weighted by Crippen LogP contribution is 2.26. The Balaban J connectivity index is 2.18. The third kappa shape index (κ3) is 2.03. The highest BCUT2D eigenvalue weighted by molar-refractivity contribution is 5.85. The lowest BCUT2D eigenvalue weighted by Gasteiger charge is -2.26. The van der Waals surface area contributed by atoms with E-state index in [2.05, 4.69) is 35.8 Å².